The van der Waals surface area contributed by atoms with Crippen molar-refractivity contribution in [2.45, 2.75) is 32.2 Å². The summed E-state index contributed by atoms with van der Waals surface area (Å²) in [6, 6.07) is 3.71. The summed E-state index contributed by atoms with van der Waals surface area (Å²) in [4.78, 5) is 16.6. The van der Waals surface area contributed by atoms with Crippen molar-refractivity contribution in [2.75, 3.05) is 6.61 Å². The minimum atomic E-state index is -0.553. The average molecular weight is 306 g/mol. The second-order valence-electron chi connectivity index (χ2n) is 5.75. The van der Waals surface area contributed by atoms with Gasteiger partial charge >= 0.3 is 0 Å². The van der Waals surface area contributed by atoms with Crippen LogP contribution in [0.2, 0.25) is 0 Å². The standard InChI is InChI=1S/C15H18N2O3S/c1-9-3-6-12(20-9)14-16-11(7-21-14)13(19)17-15(2,8-18)10-4-5-10/h3,6-7,10,18H,4-5,8H2,1-2H3,(H,17,19). The van der Waals surface area contributed by atoms with Crippen molar-refractivity contribution < 1.29 is 14.3 Å². The number of hydrogen-bond acceptors (Lipinski definition) is 5. The number of aryl methyl sites for hydroxylation is 1. The zero-order valence-electron chi connectivity index (χ0n) is 12.0. The molecule has 0 spiro atoms. The van der Waals surface area contributed by atoms with E-state index >= 15 is 0 Å². The maximum Gasteiger partial charge on any atom is 0.271 e. The first-order valence-corrected chi connectivity index (χ1v) is 7.85. The number of nitrogens with one attached hydrogen (secondary N) is 1. The molecule has 3 rings (SSSR count). The number of amides is 1. The fourth-order valence-electron chi connectivity index (χ4n) is 2.36. The number of aliphatic hydroxyl groups is 1. The Bertz CT molecular complexity index is 659. The number of carbonyl (C=O) groups is 1. The maximum absolute atomic E-state index is 12.3. The van der Waals surface area contributed by atoms with Crippen molar-refractivity contribution in [2.24, 2.45) is 5.92 Å². The number of hydrogen-bond donors (Lipinski definition) is 2. The molecule has 2 N–H and O–H groups in total. The molecule has 0 radical (unpaired) electrons. The first-order chi connectivity index (χ1) is 10.0. The Morgan fingerprint density at radius 1 is 1.57 bits per heavy atom. The minimum Gasteiger partial charge on any atom is -0.459 e. The fourth-order valence-corrected chi connectivity index (χ4v) is 3.12. The van der Waals surface area contributed by atoms with Crippen LogP contribution in [-0.4, -0.2) is 28.1 Å². The van der Waals surface area contributed by atoms with Crippen molar-refractivity contribution >= 4 is 17.2 Å². The molecular formula is C15H18N2O3S. The van der Waals surface area contributed by atoms with Gasteiger partial charge in [-0.2, -0.15) is 0 Å². The van der Waals surface area contributed by atoms with Gasteiger partial charge in [0.1, 0.15) is 11.5 Å². The Labute approximate surface area is 127 Å². The summed E-state index contributed by atoms with van der Waals surface area (Å²) < 4.78 is 5.51. The summed E-state index contributed by atoms with van der Waals surface area (Å²) in [5.74, 6) is 1.60. The molecule has 21 heavy (non-hydrogen) atoms. The number of aromatic nitrogens is 1. The van der Waals surface area contributed by atoms with Crippen molar-refractivity contribution in [1.82, 2.24) is 10.3 Å². The summed E-state index contributed by atoms with van der Waals surface area (Å²) in [6.07, 6.45) is 2.09. The lowest BCUT2D eigenvalue weighted by molar-refractivity contribution is 0.0820. The Hall–Kier alpha value is -1.66. The van der Waals surface area contributed by atoms with Crippen LogP contribution >= 0.6 is 11.3 Å². The van der Waals surface area contributed by atoms with Crippen molar-refractivity contribution in [3.05, 3.63) is 29.0 Å². The predicted molar refractivity (Wildman–Crippen MR) is 80.2 cm³/mol. The van der Waals surface area contributed by atoms with Gasteiger partial charge in [-0.05, 0) is 44.7 Å². The van der Waals surface area contributed by atoms with Gasteiger partial charge in [0.05, 0.1) is 12.1 Å². The summed E-state index contributed by atoms with van der Waals surface area (Å²) in [6.45, 7) is 3.69. The average Bonchev–Trinajstić information content (AvgIpc) is 3.05. The third-order valence-electron chi connectivity index (χ3n) is 3.89. The Morgan fingerprint density at radius 2 is 2.33 bits per heavy atom. The van der Waals surface area contributed by atoms with Gasteiger partial charge < -0.3 is 14.8 Å². The van der Waals surface area contributed by atoms with Crippen LogP contribution < -0.4 is 5.32 Å². The van der Waals surface area contributed by atoms with Gasteiger partial charge in [-0.1, -0.05) is 0 Å². The fraction of sp³-hybridized carbons (Fsp3) is 0.467. The van der Waals surface area contributed by atoms with Gasteiger partial charge in [0, 0.05) is 5.38 Å². The topological polar surface area (TPSA) is 75.4 Å². The molecule has 1 fully saturated rings. The highest BCUT2D eigenvalue weighted by Gasteiger charge is 2.42. The number of furan rings is 1. The van der Waals surface area contributed by atoms with Crippen LogP contribution in [0.4, 0.5) is 0 Å². The van der Waals surface area contributed by atoms with E-state index < -0.39 is 5.54 Å². The summed E-state index contributed by atoms with van der Waals surface area (Å²) in [5.41, 5.74) is -0.188. The SMILES string of the molecule is Cc1ccc(-c2nc(C(=O)NC(C)(CO)C3CC3)cs2)o1. The Morgan fingerprint density at radius 3 is 2.90 bits per heavy atom. The number of nitrogens with zero attached hydrogens (tertiary/aromatic N) is 1. The van der Waals surface area contributed by atoms with Gasteiger partial charge in [0.25, 0.3) is 5.91 Å². The highest BCUT2D eigenvalue weighted by molar-refractivity contribution is 7.13. The first-order valence-electron chi connectivity index (χ1n) is 6.97. The second kappa shape index (κ2) is 5.27. The lowest BCUT2D eigenvalue weighted by Crippen LogP contribution is -2.50. The molecule has 0 aliphatic heterocycles. The number of aliphatic hydroxyl groups excluding tert-OH is 1. The smallest absolute Gasteiger partial charge is 0.271 e. The molecule has 1 aliphatic carbocycles. The molecule has 1 aliphatic rings. The van der Waals surface area contributed by atoms with Gasteiger partial charge in [0.15, 0.2) is 10.8 Å². The van der Waals surface area contributed by atoms with Gasteiger partial charge in [-0.25, -0.2) is 4.98 Å². The van der Waals surface area contributed by atoms with E-state index in [1.807, 2.05) is 26.0 Å². The quantitative estimate of drug-likeness (QED) is 0.890. The van der Waals surface area contributed by atoms with Crippen molar-refractivity contribution in [3.63, 3.8) is 0 Å². The zero-order chi connectivity index (χ0) is 15.0. The van der Waals surface area contributed by atoms with Crippen LogP contribution in [0.25, 0.3) is 10.8 Å². The summed E-state index contributed by atoms with van der Waals surface area (Å²) in [7, 11) is 0. The molecule has 0 aromatic carbocycles. The second-order valence-corrected chi connectivity index (χ2v) is 6.61. The van der Waals surface area contributed by atoms with Gasteiger partial charge in [0.2, 0.25) is 0 Å². The van der Waals surface area contributed by atoms with Crippen molar-refractivity contribution in [3.8, 4) is 10.8 Å². The van der Waals surface area contributed by atoms with Crippen molar-refractivity contribution in [1.29, 1.82) is 0 Å². The lowest BCUT2D eigenvalue weighted by Gasteiger charge is -2.28. The van der Waals surface area contributed by atoms with E-state index in [0.29, 0.717) is 22.4 Å². The van der Waals surface area contributed by atoms with E-state index in [9.17, 15) is 9.90 Å². The van der Waals surface area contributed by atoms with E-state index in [2.05, 4.69) is 10.3 Å². The Kier molecular flexibility index (Phi) is 3.59. The normalized spacial score (nSPS) is 17.5. The summed E-state index contributed by atoms with van der Waals surface area (Å²) >= 11 is 1.37. The van der Waals surface area contributed by atoms with E-state index in [-0.39, 0.29) is 12.5 Å². The minimum absolute atomic E-state index is 0.0578. The van der Waals surface area contributed by atoms with Crippen LogP contribution in [0, 0.1) is 12.8 Å². The van der Waals surface area contributed by atoms with E-state index in [4.69, 9.17) is 4.42 Å². The molecule has 1 saturated carbocycles. The van der Waals surface area contributed by atoms with Crippen LogP contribution in [0.1, 0.15) is 36.0 Å². The molecular weight excluding hydrogens is 288 g/mol. The van der Waals surface area contributed by atoms with Crippen LogP contribution in [0.3, 0.4) is 0 Å². The molecule has 1 atom stereocenters. The lowest BCUT2D eigenvalue weighted by atomic mass is 9.97. The van der Waals surface area contributed by atoms with Crippen LogP contribution in [0.5, 0.6) is 0 Å². The Balaban J connectivity index is 1.75. The zero-order valence-corrected chi connectivity index (χ0v) is 12.9. The largest absolute Gasteiger partial charge is 0.459 e. The molecule has 0 bridgehead atoms. The molecule has 0 saturated heterocycles. The summed E-state index contributed by atoms with van der Waals surface area (Å²) in [5, 5.41) is 14.8. The van der Waals surface area contributed by atoms with Crippen LogP contribution in [-0.2, 0) is 0 Å². The molecule has 6 heteroatoms. The third-order valence-corrected chi connectivity index (χ3v) is 4.75. The maximum atomic E-state index is 12.3. The highest BCUT2D eigenvalue weighted by Crippen LogP contribution is 2.39. The van der Waals surface area contributed by atoms with Gasteiger partial charge in [-0.15, -0.1) is 11.3 Å². The molecule has 112 valence electrons. The molecule has 1 amide bonds. The first kappa shape index (κ1) is 14.3. The van der Waals surface area contributed by atoms with E-state index in [1.54, 1.807) is 5.38 Å². The molecule has 2 heterocycles. The highest BCUT2D eigenvalue weighted by atomic mass is 32.1. The molecule has 1 unspecified atom stereocenters. The number of carbonyl (C=O) groups excluding carboxylic acids is 1. The predicted octanol–water partition coefficient (Wildman–Crippen LogP) is 2.60. The van der Waals surface area contributed by atoms with Gasteiger partial charge in [-0.3, -0.25) is 4.79 Å². The molecule has 2 aromatic rings. The van der Waals surface area contributed by atoms with E-state index in [1.165, 1.54) is 11.3 Å². The number of rotatable bonds is 5. The van der Waals surface area contributed by atoms with Crippen LogP contribution in [0.15, 0.2) is 21.9 Å². The molecule has 5 nitrogen and oxygen atoms in total. The number of thiazole rings is 1. The third kappa shape index (κ3) is 2.87. The monoisotopic (exact) mass is 306 g/mol. The van der Waals surface area contributed by atoms with E-state index in [0.717, 1.165) is 18.6 Å². The molecule has 2 aromatic heterocycles.